The lowest BCUT2D eigenvalue weighted by Gasteiger charge is -2.08. The average molecular weight is 310 g/mol. The SMILES string of the molecule is Nc1ccc(NS(=O)(=O)c2ccc(O)c([N+](=O)[O-])c2)cn1. The highest BCUT2D eigenvalue weighted by molar-refractivity contribution is 7.92. The summed E-state index contributed by atoms with van der Waals surface area (Å²) in [4.78, 5) is 13.2. The molecule has 0 aliphatic rings. The minimum Gasteiger partial charge on any atom is -0.502 e. The number of nitro groups is 1. The summed E-state index contributed by atoms with van der Waals surface area (Å²) in [6, 6.07) is 5.55. The third kappa shape index (κ3) is 3.17. The van der Waals surface area contributed by atoms with Crippen molar-refractivity contribution in [2.24, 2.45) is 0 Å². The van der Waals surface area contributed by atoms with Crippen molar-refractivity contribution in [2.45, 2.75) is 4.90 Å². The molecule has 2 aromatic rings. The number of nitrogens with zero attached hydrogens (tertiary/aromatic N) is 2. The Kier molecular flexibility index (Phi) is 3.63. The van der Waals surface area contributed by atoms with Gasteiger partial charge in [0.2, 0.25) is 0 Å². The first-order valence-corrected chi connectivity index (χ1v) is 6.99. The molecule has 10 heteroatoms. The first-order valence-electron chi connectivity index (χ1n) is 5.51. The highest BCUT2D eigenvalue weighted by Crippen LogP contribution is 2.29. The van der Waals surface area contributed by atoms with Gasteiger partial charge in [0, 0.05) is 6.07 Å². The van der Waals surface area contributed by atoms with E-state index in [9.17, 15) is 23.6 Å². The number of rotatable bonds is 4. The number of pyridine rings is 1. The number of phenolic OH excluding ortho intramolecular Hbond substituents is 1. The van der Waals surface area contributed by atoms with Crippen LogP contribution >= 0.6 is 0 Å². The van der Waals surface area contributed by atoms with E-state index in [-0.39, 0.29) is 16.4 Å². The number of nitro benzene ring substituents is 1. The molecule has 4 N–H and O–H groups in total. The number of nitrogen functional groups attached to an aromatic ring is 1. The smallest absolute Gasteiger partial charge is 0.312 e. The Balaban J connectivity index is 2.38. The molecule has 0 saturated carbocycles. The van der Waals surface area contributed by atoms with E-state index >= 15 is 0 Å². The highest BCUT2D eigenvalue weighted by Gasteiger charge is 2.21. The number of sulfonamides is 1. The van der Waals surface area contributed by atoms with Crippen LogP contribution in [0.1, 0.15) is 0 Å². The Labute approximate surface area is 119 Å². The predicted molar refractivity (Wildman–Crippen MR) is 74.2 cm³/mol. The number of anilines is 2. The van der Waals surface area contributed by atoms with Crippen LogP contribution in [0, 0.1) is 10.1 Å². The van der Waals surface area contributed by atoms with Gasteiger partial charge < -0.3 is 10.8 Å². The fourth-order valence-electron chi connectivity index (χ4n) is 1.50. The maximum absolute atomic E-state index is 12.1. The summed E-state index contributed by atoms with van der Waals surface area (Å²) in [7, 11) is -4.05. The quantitative estimate of drug-likeness (QED) is 0.565. The maximum atomic E-state index is 12.1. The monoisotopic (exact) mass is 310 g/mol. The number of hydrogen-bond donors (Lipinski definition) is 3. The highest BCUT2D eigenvalue weighted by atomic mass is 32.2. The van der Waals surface area contributed by atoms with E-state index < -0.39 is 26.4 Å². The van der Waals surface area contributed by atoms with Crippen molar-refractivity contribution in [3.63, 3.8) is 0 Å². The molecule has 1 heterocycles. The van der Waals surface area contributed by atoms with E-state index in [1.54, 1.807) is 0 Å². The van der Waals surface area contributed by atoms with Gasteiger partial charge in [-0.2, -0.15) is 0 Å². The lowest BCUT2D eigenvalue weighted by molar-refractivity contribution is -0.386. The number of benzene rings is 1. The summed E-state index contributed by atoms with van der Waals surface area (Å²) in [6.07, 6.45) is 1.21. The molecule has 0 aliphatic carbocycles. The fraction of sp³-hybridized carbons (Fsp3) is 0. The molecule has 0 amide bonds. The summed E-state index contributed by atoms with van der Waals surface area (Å²) < 4.78 is 26.4. The van der Waals surface area contributed by atoms with E-state index in [1.165, 1.54) is 18.3 Å². The lowest BCUT2D eigenvalue weighted by atomic mass is 10.3. The zero-order chi connectivity index (χ0) is 15.6. The molecule has 2 rings (SSSR count). The second kappa shape index (κ2) is 5.25. The predicted octanol–water partition coefficient (Wildman–Crippen LogP) is 1.08. The lowest BCUT2D eigenvalue weighted by Crippen LogP contribution is -2.13. The van der Waals surface area contributed by atoms with Crippen molar-refractivity contribution in [1.82, 2.24) is 4.98 Å². The number of nitrogens with two attached hydrogens (primary N) is 1. The first kappa shape index (κ1) is 14.5. The van der Waals surface area contributed by atoms with Gasteiger partial charge >= 0.3 is 5.69 Å². The molecule has 0 fully saturated rings. The van der Waals surface area contributed by atoms with E-state index in [1.807, 2.05) is 0 Å². The molecule has 21 heavy (non-hydrogen) atoms. The number of aromatic hydroxyl groups is 1. The Morgan fingerprint density at radius 3 is 2.57 bits per heavy atom. The summed E-state index contributed by atoms with van der Waals surface area (Å²) in [5.74, 6) is -0.397. The van der Waals surface area contributed by atoms with E-state index in [2.05, 4.69) is 9.71 Å². The molecule has 0 atom stereocenters. The van der Waals surface area contributed by atoms with Gasteiger partial charge in [-0.1, -0.05) is 0 Å². The van der Waals surface area contributed by atoms with Crippen LogP contribution in [0.5, 0.6) is 5.75 Å². The van der Waals surface area contributed by atoms with Gasteiger partial charge in [0.15, 0.2) is 5.75 Å². The maximum Gasteiger partial charge on any atom is 0.312 e. The third-order valence-electron chi connectivity index (χ3n) is 2.49. The van der Waals surface area contributed by atoms with Gasteiger partial charge in [0.05, 0.1) is 21.7 Å². The molecule has 0 saturated heterocycles. The van der Waals surface area contributed by atoms with Crippen LogP contribution in [-0.4, -0.2) is 23.4 Å². The molecular weight excluding hydrogens is 300 g/mol. The first-order chi connectivity index (χ1) is 9.79. The largest absolute Gasteiger partial charge is 0.502 e. The van der Waals surface area contributed by atoms with Gasteiger partial charge in [-0.3, -0.25) is 14.8 Å². The van der Waals surface area contributed by atoms with Crippen molar-refractivity contribution in [3.8, 4) is 5.75 Å². The van der Waals surface area contributed by atoms with Gasteiger partial charge in [0.25, 0.3) is 10.0 Å². The number of hydrogen-bond acceptors (Lipinski definition) is 7. The zero-order valence-electron chi connectivity index (χ0n) is 10.4. The third-order valence-corrected chi connectivity index (χ3v) is 3.87. The van der Waals surface area contributed by atoms with Crippen molar-refractivity contribution < 1.29 is 18.4 Å². The molecular formula is C11H10N4O5S. The molecule has 0 aliphatic heterocycles. The molecule has 0 radical (unpaired) electrons. The van der Waals surface area contributed by atoms with Crippen LogP contribution in [0.25, 0.3) is 0 Å². The summed E-state index contributed by atoms with van der Waals surface area (Å²) in [5, 5.41) is 20.0. The van der Waals surface area contributed by atoms with Gasteiger partial charge in [-0.25, -0.2) is 13.4 Å². The normalized spacial score (nSPS) is 11.0. The van der Waals surface area contributed by atoms with Crippen LogP contribution in [-0.2, 0) is 10.0 Å². The number of phenols is 1. The molecule has 0 spiro atoms. The average Bonchev–Trinajstić information content (AvgIpc) is 2.41. The van der Waals surface area contributed by atoms with E-state index in [0.29, 0.717) is 0 Å². The Morgan fingerprint density at radius 1 is 1.29 bits per heavy atom. The van der Waals surface area contributed by atoms with Gasteiger partial charge in [0.1, 0.15) is 5.82 Å². The van der Waals surface area contributed by atoms with Crippen molar-refractivity contribution in [3.05, 3.63) is 46.6 Å². The topological polar surface area (TPSA) is 148 Å². The van der Waals surface area contributed by atoms with Crippen LogP contribution < -0.4 is 10.5 Å². The summed E-state index contributed by atoms with van der Waals surface area (Å²) >= 11 is 0. The van der Waals surface area contributed by atoms with Crippen molar-refractivity contribution >= 4 is 27.2 Å². The molecule has 110 valence electrons. The number of aromatic nitrogens is 1. The van der Waals surface area contributed by atoms with Crippen LogP contribution in [0.3, 0.4) is 0 Å². The fourth-order valence-corrected chi connectivity index (χ4v) is 2.56. The van der Waals surface area contributed by atoms with Crippen molar-refractivity contribution in [2.75, 3.05) is 10.5 Å². The van der Waals surface area contributed by atoms with Crippen molar-refractivity contribution in [1.29, 1.82) is 0 Å². The Morgan fingerprint density at radius 2 is 2.00 bits per heavy atom. The molecule has 0 bridgehead atoms. The van der Waals surface area contributed by atoms with E-state index in [4.69, 9.17) is 5.73 Å². The van der Waals surface area contributed by atoms with Gasteiger partial charge in [-0.15, -0.1) is 0 Å². The Bertz CT molecular complexity index is 789. The minimum absolute atomic E-state index is 0.153. The Hall–Kier alpha value is -2.88. The minimum atomic E-state index is -4.05. The van der Waals surface area contributed by atoms with Gasteiger partial charge in [-0.05, 0) is 24.3 Å². The molecule has 1 aromatic heterocycles. The van der Waals surface area contributed by atoms with Crippen LogP contribution in [0.4, 0.5) is 17.2 Å². The zero-order valence-corrected chi connectivity index (χ0v) is 11.2. The summed E-state index contributed by atoms with van der Waals surface area (Å²) in [6.45, 7) is 0. The molecule has 1 aromatic carbocycles. The van der Waals surface area contributed by atoms with Crippen LogP contribution in [0.2, 0.25) is 0 Å². The summed E-state index contributed by atoms with van der Waals surface area (Å²) in [5.41, 5.74) is 4.83. The number of nitrogens with one attached hydrogen (secondary N) is 1. The standard InChI is InChI=1S/C11H10N4O5S/c12-11-4-1-7(6-13-11)14-21(19,20)8-2-3-10(16)9(5-8)15(17)18/h1-6,14,16H,(H2,12,13). The van der Waals surface area contributed by atoms with E-state index in [0.717, 1.165) is 18.2 Å². The molecule has 0 unspecified atom stereocenters. The van der Waals surface area contributed by atoms with Crippen LogP contribution in [0.15, 0.2) is 41.4 Å². The second-order valence-corrected chi connectivity index (χ2v) is 5.67. The second-order valence-electron chi connectivity index (χ2n) is 3.98. The molecule has 9 nitrogen and oxygen atoms in total.